The van der Waals surface area contributed by atoms with E-state index in [2.05, 4.69) is 32.0 Å². The Balaban J connectivity index is 1.39. The van der Waals surface area contributed by atoms with E-state index in [1.807, 2.05) is 43.0 Å². The summed E-state index contributed by atoms with van der Waals surface area (Å²) in [6, 6.07) is 10.2. The molecule has 2 bridgehead atoms. The number of benzene rings is 1. The molecule has 2 fully saturated rings. The van der Waals surface area contributed by atoms with Gasteiger partial charge >= 0.3 is 0 Å². The molecule has 1 aromatic heterocycles. The Bertz CT molecular complexity index is 1160. The van der Waals surface area contributed by atoms with E-state index in [0.717, 1.165) is 16.9 Å². The van der Waals surface area contributed by atoms with Gasteiger partial charge in [-0.15, -0.1) is 0 Å². The molecule has 1 aromatic carbocycles. The predicted molar refractivity (Wildman–Crippen MR) is 122 cm³/mol. The smallest absolute Gasteiger partial charge is 0.229 e. The Hall–Kier alpha value is -3.52. The van der Waals surface area contributed by atoms with Crippen molar-refractivity contribution >= 4 is 28.8 Å². The maximum Gasteiger partial charge on any atom is 0.229 e. The first-order chi connectivity index (χ1) is 16.1. The minimum atomic E-state index is -0.314. The first kappa shape index (κ1) is 21.3. The number of carbonyl (C=O) groups is 1. The molecular weight excluding hydrogens is 422 g/mol. The van der Waals surface area contributed by atoms with Gasteiger partial charge in [-0.1, -0.05) is 12.1 Å². The van der Waals surface area contributed by atoms with Crippen molar-refractivity contribution in [3.63, 3.8) is 0 Å². The number of rotatable bonds is 5. The van der Waals surface area contributed by atoms with E-state index < -0.39 is 0 Å². The van der Waals surface area contributed by atoms with Crippen molar-refractivity contribution in [2.45, 2.75) is 38.8 Å². The number of amides is 1. The van der Waals surface area contributed by atoms with E-state index in [1.54, 1.807) is 6.20 Å². The summed E-state index contributed by atoms with van der Waals surface area (Å²) >= 11 is 0. The number of nitrogens with one attached hydrogen (secondary N) is 3. The lowest BCUT2D eigenvalue weighted by Crippen LogP contribution is -2.41. The number of morpholine rings is 1. The molecule has 5 rings (SSSR count). The van der Waals surface area contributed by atoms with E-state index in [-0.39, 0.29) is 36.8 Å². The molecule has 0 radical (unpaired) electrons. The third kappa shape index (κ3) is 4.02. The van der Waals surface area contributed by atoms with Crippen LogP contribution in [0.2, 0.25) is 0 Å². The minimum absolute atomic E-state index is 0.141. The summed E-state index contributed by atoms with van der Waals surface area (Å²) in [5, 5.41) is 19.4. The maximum absolute atomic E-state index is 12.7. The van der Waals surface area contributed by atoms with Crippen molar-refractivity contribution < 1.29 is 14.3 Å². The Morgan fingerprint density at radius 3 is 2.97 bits per heavy atom. The summed E-state index contributed by atoms with van der Waals surface area (Å²) in [6.07, 6.45) is 0.987. The van der Waals surface area contributed by atoms with E-state index in [4.69, 9.17) is 9.47 Å². The fourth-order valence-corrected chi connectivity index (χ4v) is 4.38. The fraction of sp³-hybridized carbons (Fsp3) is 0.391. The van der Waals surface area contributed by atoms with Gasteiger partial charge in [0.05, 0.1) is 35.7 Å². The molecule has 0 unspecified atom stereocenters. The van der Waals surface area contributed by atoms with Crippen LogP contribution < -0.4 is 20.9 Å². The second-order valence-corrected chi connectivity index (χ2v) is 8.14. The zero-order chi connectivity index (χ0) is 22.9. The van der Waals surface area contributed by atoms with Crippen molar-refractivity contribution in [1.29, 1.82) is 5.26 Å². The van der Waals surface area contributed by atoms with E-state index in [0.29, 0.717) is 36.7 Å². The highest BCUT2D eigenvalue weighted by Gasteiger charge is 2.40. The van der Waals surface area contributed by atoms with Gasteiger partial charge in [-0.05, 0) is 31.5 Å². The number of aryl methyl sites for hydroxylation is 1. The number of nitrogens with zero attached hydrogens (tertiary/aromatic N) is 4. The molecular formula is C23H25N7O3. The maximum atomic E-state index is 12.7. The van der Waals surface area contributed by atoms with Gasteiger partial charge in [0.15, 0.2) is 6.29 Å². The summed E-state index contributed by atoms with van der Waals surface area (Å²) < 4.78 is 11.5. The third-order valence-corrected chi connectivity index (χ3v) is 5.95. The normalized spacial score (nSPS) is 24.6. The van der Waals surface area contributed by atoms with Crippen LogP contribution in [0.1, 0.15) is 24.6 Å². The van der Waals surface area contributed by atoms with E-state index >= 15 is 0 Å². The molecule has 1 amide bonds. The number of anilines is 3. The second kappa shape index (κ2) is 8.78. The van der Waals surface area contributed by atoms with E-state index in [9.17, 15) is 10.1 Å². The number of ether oxygens (including phenoxy) is 2. The lowest BCUT2D eigenvalue weighted by Gasteiger charge is -2.20. The van der Waals surface area contributed by atoms with Gasteiger partial charge < -0.3 is 25.0 Å². The molecule has 0 saturated carbocycles. The molecule has 10 heteroatoms. The molecule has 2 aromatic rings. The summed E-state index contributed by atoms with van der Waals surface area (Å²) in [5.41, 5.74) is 3.52. The Kier molecular flexibility index (Phi) is 5.68. The number of allylic oxidation sites excluding steroid dienone is 1. The molecule has 0 aliphatic carbocycles. The zero-order valence-electron chi connectivity index (χ0n) is 18.5. The summed E-state index contributed by atoms with van der Waals surface area (Å²) in [6.45, 7) is 5.82. The van der Waals surface area contributed by atoms with Crippen LogP contribution in [0, 0.1) is 18.3 Å². The number of fused-ring (bicyclic) bond motifs is 3. The average Bonchev–Trinajstić information content (AvgIpc) is 3.32. The van der Waals surface area contributed by atoms with Crippen LogP contribution in [0.5, 0.6) is 0 Å². The molecule has 3 atom stereocenters. The van der Waals surface area contributed by atoms with Crippen molar-refractivity contribution in [3.05, 3.63) is 47.5 Å². The van der Waals surface area contributed by atoms with Gasteiger partial charge in [0.1, 0.15) is 17.5 Å². The Morgan fingerprint density at radius 2 is 2.18 bits per heavy atom. The largest absolute Gasteiger partial charge is 0.345 e. The second-order valence-electron chi connectivity index (χ2n) is 8.14. The molecule has 3 aliphatic heterocycles. The van der Waals surface area contributed by atoms with Crippen molar-refractivity contribution in [1.82, 2.24) is 15.3 Å². The molecule has 0 spiro atoms. The first-order valence-electron chi connectivity index (χ1n) is 11.0. The standard InChI is InChI=1S/C23H25N7O3/c1-3-30-16-7-5-4-6-15(16)27-22(30)14(9-24)21-13(2)10-26-23(29-21)28-19(31)8-17-18-11-25-12-20(32-17)33-18/h4-7,10,17-18,20,25,27H,3,8,11-12H2,1-2H3,(H,26,28,29,31)/b22-14+/t17-,18-,20-/m1/s1. The van der Waals surface area contributed by atoms with Crippen molar-refractivity contribution in [2.24, 2.45) is 0 Å². The highest BCUT2D eigenvalue weighted by molar-refractivity contribution is 5.92. The number of para-hydroxylation sites is 2. The van der Waals surface area contributed by atoms with Gasteiger partial charge in [0.25, 0.3) is 0 Å². The monoisotopic (exact) mass is 447 g/mol. The first-order valence-corrected chi connectivity index (χ1v) is 11.0. The van der Waals surface area contributed by atoms with Crippen LogP contribution in [0.15, 0.2) is 36.3 Å². The van der Waals surface area contributed by atoms with E-state index in [1.165, 1.54) is 0 Å². The SMILES string of the molecule is CCN1/C(=C(\C#N)c2nc(NC(=O)C[C@H]3O[C@H]4CNC[C@H]3O4)ncc2C)Nc2ccccc21. The molecule has 10 nitrogen and oxygen atoms in total. The quantitative estimate of drug-likeness (QED) is 0.590. The van der Waals surface area contributed by atoms with Gasteiger partial charge in [-0.25, -0.2) is 9.97 Å². The van der Waals surface area contributed by atoms with Crippen LogP contribution >= 0.6 is 0 Å². The molecule has 3 aliphatic rings. The number of aromatic nitrogens is 2. The van der Waals surface area contributed by atoms with Gasteiger partial charge in [-0.3, -0.25) is 10.1 Å². The minimum Gasteiger partial charge on any atom is -0.345 e. The number of hydrogen-bond donors (Lipinski definition) is 3. The predicted octanol–water partition coefficient (Wildman–Crippen LogP) is 1.97. The number of nitriles is 1. The fourth-order valence-electron chi connectivity index (χ4n) is 4.38. The summed E-state index contributed by atoms with van der Waals surface area (Å²) in [4.78, 5) is 23.5. The van der Waals surface area contributed by atoms with Crippen LogP contribution in [0.3, 0.4) is 0 Å². The highest BCUT2D eigenvalue weighted by Crippen LogP contribution is 2.38. The Labute approximate surface area is 191 Å². The lowest BCUT2D eigenvalue weighted by atomic mass is 10.1. The number of carbonyl (C=O) groups excluding carboxylic acids is 1. The summed E-state index contributed by atoms with van der Waals surface area (Å²) in [7, 11) is 0. The molecule has 3 N–H and O–H groups in total. The molecule has 33 heavy (non-hydrogen) atoms. The van der Waals surface area contributed by atoms with Crippen molar-refractivity contribution in [2.75, 3.05) is 35.2 Å². The van der Waals surface area contributed by atoms with Crippen molar-refractivity contribution in [3.8, 4) is 6.07 Å². The summed E-state index contributed by atoms with van der Waals surface area (Å²) in [5.74, 6) is 0.544. The highest BCUT2D eigenvalue weighted by atomic mass is 16.7. The zero-order valence-corrected chi connectivity index (χ0v) is 18.5. The Morgan fingerprint density at radius 1 is 1.33 bits per heavy atom. The average molecular weight is 447 g/mol. The number of hydrogen-bond acceptors (Lipinski definition) is 9. The van der Waals surface area contributed by atoms with Crippen LogP contribution in [-0.4, -0.2) is 54.0 Å². The van der Waals surface area contributed by atoms with Crippen LogP contribution in [-0.2, 0) is 14.3 Å². The van der Waals surface area contributed by atoms with Gasteiger partial charge in [-0.2, -0.15) is 5.26 Å². The van der Waals surface area contributed by atoms with Crippen LogP contribution in [0.25, 0.3) is 5.57 Å². The molecule has 4 heterocycles. The molecule has 2 saturated heterocycles. The lowest BCUT2D eigenvalue weighted by molar-refractivity contribution is -0.119. The van der Waals surface area contributed by atoms with Gasteiger partial charge in [0, 0.05) is 25.8 Å². The van der Waals surface area contributed by atoms with Gasteiger partial charge in [0.2, 0.25) is 11.9 Å². The molecule has 170 valence electrons. The topological polar surface area (TPSA) is 124 Å². The third-order valence-electron chi connectivity index (χ3n) is 5.95. The van der Waals surface area contributed by atoms with Crippen LogP contribution in [0.4, 0.5) is 17.3 Å².